The van der Waals surface area contributed by atoms with Crippen molar-refractivity contribution in [2.45, 2.75) is 73.1 Å². The predicted octanol–water partition coefficient (Wildman–Crippen LogP) is 6.01. The van der Waals surface area contributed by atoms with Crippen molar-refractivity contribution in [3.63, 3.8) is 0 Å². The van der Waals surface area contributed by atoms with E-state index < -0.39 is 11.7 Å². The van der Waals surface area contributed by atoms with Crippen molar-refractivity contribution in [2.75, 3.05) is 13.1 Å². The Morgan fingerprint density at radius 2 is 1.79 bits per heavy atom. The van der Waals surface area contributed by atoms with Gasteiger partial charge in [0, 0.05) is 19.5 Å². The summed E-state index contributed by atoms with van der Waals surface area (Å²) in [6, 6.07) is 9.55. The minimum Gasteiger partial charge on any atom is -0.489 e. The minimum atomic E-state index is -0.577. The van der Waals surface area contributed by atoms with Crippen molar-refractivity contribution in [1.82, 2.24) is 10.2 Å². The first-order valence-corrected chi connectivity index (χ1v) is 11.6. The lowest BCUT2D eigenvalue weighted by Crippen LogP contribution is -2.40. The summed E-state index contributed by atoms with van der Waals surface area (Å²) in [6.45, 7) is 22.4. The molecule has 184 valence electrons. The molecule has 1 saturated heterocycles. The molecule has 0 bridgehead atoms. The largest absolute Gasteiger partial charge is 0.489 e. The summed E-state index contributed by atoms with van der Waals surface area (Å²) in [4.78, 5) is 25.8. The first-order valence-electron chi connectivity index (χ1n) is 11.6. The molecule has 33 heavy (non-hydrogen) atoms. The summed E-state index contributed by atoms with van der Waals surface area (Å²) in [5.74, 6) is 0.555. The minimum absolute atomic E-state index is 0.0361. The number of ether oxygens (including phenoxy) is 2. The van der Waals surface area contributed by atoms with E-state index in [0.717, 1.165) is 11.1 Å². The number of nitrogens with zero attached hydrogens (tertiary/aromatic N) is 1. The summed E-state index contributed by atoms with van der Waals surface area (Å²) >= 11 is 0. The first-order chi connectivity index (χ1) is 15.7. The molecule has 2 amide bonds. The van der Waals surface area contributed by atoms with Gasteiger partial charge in [-0.25, -0.2) is 4.79 Å². The molecule has 0 unspecified atom stereocenters. The molecule has 1 aliphatic heterocycles. The van der Waals surface area contributed by atoms with Gasteiger partial charge < -0.3 is 19.7 Å². The van der Waals surface area contributed by atoms with Crippen LogP contribution < -0.4 is 5.32 Å². The Kier molecular flexibility index (Phi) is 14.3. The van der Waals surface area contributed by atoms with Gasteiger partial charge in [0.2, 0.25) is 5.91 Å². The normalized spacial score (nSPS) is 15.4. The molecule has 0 spiro atoms. The van der Waals surface area contributed by atoms with Gasteiger partial charge in [0.1, 0.15) is 18.0 Å². The number of carbonyl (C=O) groups excluding carboxylic acids is 2. The fraction of sp³-hybridized carbons (Fsp3) is 0.481. The van der Waals surface area contributed by atoms with Crippen LogP contribution in [0.3, 0.4) is 0 Å². The summed E-state index contributed by atoms with van der Waals surface area (Å²) < 4.78 is 11.0. The van der Waals surface area contributed by atoms with Gasteiger partial charge in [-0.2, -0.15) is 0 Å². The summed E-state index contributed by atoms with van der Waals surface area (Å²) in [5, 5.41) is 2.75. The van der Waals surface area contributed by atoms with Gasteiger partial charge in [-0.05, 0) is 44.1 Å². The van der Waals surface area contributed by atoms with Crippen LogP contribution in [0.5, 0.6) is 0 Å². The summed E-state index contributed by atoms with van der Waals surface area (Å²) in [7, 11) is 0. The molecule has 0 saturated carbocycles. The van der Waals surface area contributed by atoms with Gasteiger partial charge in [0.25, 0.3) is 0 Å². The highest BCUT2D eigenvalue weighted by atomic mass is 16.6. The number of alkyl carbamates (subject to hydrolysis) is 1. The number of likely N-dealkylation sites (tertiary alicyclic amines) is 1. The van der Waals surface area contributed by atoms with Crippen LogP contribution in [0.1, 0.15) is 60.5 Å². The number of rotatable bonds is 8. The predicted molar refractivity (Wildman–Crippen MR) is 136 cm³/mol. The number of carbonyl (C=O) groups is 2. The van der Waals surface area contributed by atoms with E-state index >= 15 is 0 Å². The topological polar surface area (TPSA) is 67.9 Å². The van der Waals surface area contributed by atoms with E-state index in [2.05, 4.69) is 18.5 Å². The fourth-order valence-corrected chi connectivity index (χ4v) is 2.89. The van der Waals surface area contributed by atoms with Crippen LogP contribution in [-0.2, 0) is 20.9 Å². The highest BCUT2D eigenvalue weighted by Crippen LogP contribution is 2.16. The quantitative estimate of drug-likeness (QED) is 0.383. The lowest BCUT2D eigenvalue weighted by atomic mass is 10.2. The lowest BCUT2D eigenvalue weighted by molar-refractivity contribution is -0.127. The van der Waals surface area contributed by atoms with Crippen LogP contribution in [-0.4, -0.2) is 41.6 Å². The molecule has 6 heteroatoms. The summed E-state index contributed by atoms with van der Waals surface area (Å²) in [6.07, 6.45) is 3.12. The number of nitrogens with one attached hydrogen (secondary N) is 1. The molecule has 1 N–H and O–H groups in total. The molecule has 1 aromatic carbocycles. The molecular formula is C27H42N2O4. The molecular weight excluding hydrogens is 416 g/mol. The van der Waals surface area contributed by atoms with Crippen LogP contribution in [0.15, 0.2) is 67.0 Å². The van der Waals surface area contributed by atoms with Crippen molar-refractivity contribution >= 4 is 12.0 Å². The second-order valence-corrected chi connectivity index (χ2v) is 8.00. The van der Waals surface area contributed by atoms with Crippen LogP contribution in [0.25, 0.3) is 0 Å². The molecule has 0 aromatic heterocycles. The van der Waals surface area contributed by atoms with E-state index in [1.807, 2.05) is 58.0 Å². The highest BCUT2D eigenvalue weighted by molar-refractivity contribution is 5.81. The maximum atomic E-state index is 12.3. The molecule has 1 heterocycles. The molecule has 1 aliphatic rings. The van der Waals surface area contributed by atoms with Crippen molar-refractivity contribution in [1.29, 1.82) is 0 Å². The Morgan fingerprint density at radius 3 is 2.33 bits per heavy atom. The van der Waals surface area contributed by atoms with Crippen molar-refractivity contribution in [2.24, 2.45) is 0 Å². The number of allylic oxidation sites excluding steroid dienone is 1. The smallest absolute Gasteiger partial charge is 0.407 e. The Balaban J connectivity index is 0.00000242. The van der Waals surface area contributed by atoms with E-state index in [1.54, 1.807) is 37.8 Å². The average Bonchev–Trinajstić information content (AvgIpc) is 3.11. The zero-order valence-electron chi connectivity index (χ0n) is 21.4. The Labute approximate surface area is 200 Å². The van der Waals surface area contributed by atoms with Crippen LogP contribution in [0.2, 0.25) is 0 Å². The number of amides is 2. The molecule has 2 rings (SSSR count). The standard InChI is InChI=1S/C23H30N2O4.2C2H6/c1-6-20(28-16-18-10-8-7-9-11-18)12-17(2)14-25-15-19(13-21(25)26)24-22(27)29-23(3,4)5;2*1-2/h6-12,19H,1-2,13-16H2,3-5H3,(H,24,27);2*1-2H3/b20-12+;;/t19-;;/m1../s1. The van der Waals surface area contributed by atoms with Crippen molar-refractivity contribution < 1.29 is 19.1 Å². The van der Waals surface area contributed by atoms with E-state index in [1.165, 1.54) is 0 Å². The van der Waals surface area contributed by atoms with E-state index in [4.69, 9.17) is 9.47 Å². The lowest BCUT2D eigenvalue weighted by Gasteiger charge is -2.22. The van der Waals surface area contributed by atoms with Crippen LogP contribution in [0.4, 0.5) is 4.79 Å². The molecule has 0 aliphatic carbocycles. The van der Waals surface area contributed by atoms with Crippen LogP contribution >= 0.6 is 0 Å². The number of hydrogen-bond donors (Lipinski definition) is 1. The first kappa shape index (κ1) is 30.0. The zero-order valence-corrected chi connectivity index (χ0v) is 21.4. The van der Waals surface area contributed by atoms with E-state index in [0.29, 0.717) is 25.5 Å². The van der Waals surface area contributed by atoms with Gasteiger partial charge in [-0.15, -0.1) is 0 Å². The van der Waals surface area contributed by atoms with Crippen molar-refractivity contribution in [3.05, 3.63) is 72.5 Å². The maximum absolute atomic E-state index is 12.3. The zero-order chi connectivity index (χ0) is 25.4. The van der Waals surface area contributed by atoms with Crippen LogP contribution in [0, 0.1) is 0 Å². The Hall–Kier alpha value is -3.02. The second kappa shape index (κ2) is 15.7. The average molecular weight is 459 g/mol. The number of hydrogen-bond acceptors (Lipinski definition) is 4. The van der Waals surface area contributed by atoms with Gasteiger partial charge in [-0.1, -0.05) is 71.2 Å². The van der Waals surface area contributed by atoms with Gasteiger partial charge in [-0.3, -0.25) is 4.79 Å². The van der Waals surface area contributed by atoms with E-state index in [9.17, 15) is 9.59 Å². The summed E-state index contributed by atoms with van der Waals surface area (Å²) in [5.41, 5.74) is 1.20. The van der Waals surface area contributed by atoms with Gasteiger partial charge >= 0.3 is 6.09 Å². The third-order valence-corrected chi connectivity index (χ3v) is 4.13. The van der Waals surface area contributed by atoms with Gasteiger partial charge in [0.05, 0.1) is 6.04 Å². The molecule has 6 nitrogen and oxygen atoms in total. The maximum Gasteiger partial charge on any atom is 0.407 e. The molecule has 1 fully saturated rings. The Morgan fingerprint density at radius 1 is 1.18 bits per heavy atom. The molecule has 0 radical (unpaired) electrons. The van der Waals surface area contributed by atoms with Gasteiger partial charge in [0.15, 0.2) is 0 Å². The molecule has 1 atom stereocenters. The molecule has 1 aromatic rings. The fourth-order valence-electron chi connectivity index (χ4n) is 2.89. The second-order valence-electron chi connectivity index (χ2n) is 8.00. The number of benzene rings is 1. The highest BCUT2D eigenvalue weighted by Gasteiger charge is 2.31. The Bertz CT molecular complexity index is 779. The third-order valence-electron chi connectivity index (χ3n) is 4.13. The third kappa shape index (κ3) is 12.6. The van der Waals surface area contributed by atoms with E-state index in [-0.39, 0.29) is 18.4 Å². The van der Waals surface area contributed by atoms with Crippen molar-refractivity contribution in [3.8, 4) is 0 Å². The monoisotopic (exact) mass is 458 g/mol. The SMILES string of the molecule is C=C/C(=C\C(=C)CN1C[C@H](NC(=O)OC(C)(C)C)CC1=O)OCc1ccccc1.CC.CC.